The van der Waals surface area contributed by atoms with Gasteiger partial charge in [-0.2, -0.15) is 0 Å². The van der Waals surface area contributed by atoms with E-state index in [0.717, 1.165) is 12.0 Å². The first-order chi connectivity index (χ1) is 6.65. The Labute approximate surface area is 85.6 Å². The molecule has 0 saturated heterocycles. The molecule has 0 spiro atoms. The topological polar surface area (TPSA) is 35.2 Å². The van der Waals surface area contributed by atoms with Gasteiger partial charge in [-0.25, -0.2) is 4.39 Å². The average Bonchev–Trinajstić information content (AvgIpc) is 2.18. The molecule has 0 rings (SSSR count). The second-order valence-electron chi connectivity index (χ2n) is 3.12. The Balaban J connectivity index is 4.38. The molecular weight excluding hydrogens is 181 g/mol. The molecule has 2 N–H and O–H groups in total. The Morgan fingerprint density at radius 3 is 2.50 bits per heavy atom. The van der Waals surface area contributed by atoms with Crippen LogP contribution in [0.15, 0.2) is 23.6 Å². The molecule has 1 unspecified atom stereocenters. The van der Waals surface area contributed by atoms with E-state index in [4.69, 9.17) is 10.5 Å². The Bertz CT molecular complexity index is 211. The van der Waals surface area contributed by atoms with Crippen molar-refractivity contribution in [3.63, 3.8) is 0 Å². The van der Waals surface area contributed by atoms with Gasteiger partial charge in [-0.3, -0.25) is 0 Å². The lowest BCUT2D eigenvalue weighted by Crippen LogP contribution is -2.04. The lowest BCUT2D eigenvalue weighted by molar-refractivity contribution is 0.287. The molecule has 0 aliphatic carbocycles. The molecular formula is C11H20FNO. The Hall–Kier alpha value is -0.990. The van der Waals surface area contributed by atoms with Crippen molar-refractivity contribution < 1.29 is 9.13 Å². The van der Waals surface area contributed by atoms with Crippen LogP contribution in [-0.4, -0.2) is 13.3 Å². The van der Waals surface area contributed by atoms with Crippen molar-refractivity contribution in [1.29, 1.82) is 0 Å². The fraction of sp³-hybridized carbons (Fsp3) is 0.636. The summed E-state index contributed by atoms with van der Waals surface area (Å²) in [4.78, 5) is 0. The standard InChI is InChI=1S/C11H20FNO/c1-4-6-10(12)9(5-2)7-8-11(13)14-3/h7-8,10H,4-6,13H2,1-3H3/b9-7-,11-8+. The number of hydrogen-bond acceptors (Lipinski definition) is 2. The van der Waals surface area contributed by atoms with Gasteiger partial charge in [0, 0.05) is 0 Å². The molecule has 0 amide bonds. The van der Waals surface area contributed by atoms with Crippen LogP contribution in [0.2, 0.25) is 0 Å². The summed E-state index contributed by atoms with van der Waals surface area (Å²) < 4.78 is 18.2. The fourth-order valence-electron chi connectivity index (χ4n) is 1.14. The number of nitrogens with two attached hydrogens (primary N) is 1. The fourth-order valence-corrected chi connectivity index (χ4v) is 1.14. The van der Waals surface area contributed by atoms with Gasteiger partial charge in [-0.15, -0.1) is 0 Å². The van der Waals surface area contributed by atoms with E-state index in [1.807, 2.05) is 13.8 Å². The van der Waals surface area contributed by atoms with Crippen molar-refractivity contribution in [1.82, 2.24) is 0 Å². The Morgan fingerprint density at radius 1 is 1.43 bits per heavy atom. The molecule has 1 atom stereocenters. The number of rotatable bonds is 6. The van der Waals surface area contributed by atoms with Crippen LogP contribution in [-0.2, 0) is 4.74 Å². The number of alkyl halides is 1. The molecule has 0 aromatic carbocycles. The van der Waals surface area contributed by atoms with Crippen LogP contribution in [0.3, 0.4) is 0 Å². The van der Waals surface area contributed by atoms with E-state index in [-0.39, 0.29) is 0 Å². The summed E-state index contributed by atoms with van der Waals surface area (Å²) in [7, 11) is 1.49. The van der Waals surface area contributed by atoms with E-state index in [0.29, 0.717) is 18.7 Å². The van der Waals surface area contributed by atoms with Crippen molar-refractivity contribution in [2.75, 3.05) is 7.11 Å². The SMILES string of the molecule is CCCC(F)/C(=C\C=C(/N)OC)CC. The van der Waals surface area contributed by atoms with Gasteiger partial charge in [-0.05, 0) is 24.5 Å². The first-order valence-corrected chi connectivity index (χ1v) is 4.99. The number of methoxy groups -OCH3 is 1. The minimum Gasteiger partial charge on any atom is -0.483 e. The van der Waals surface area contributed by atoms with E-state index in [1.54, 1.807) is 12.2 Å². The van der Waals surface area contributed by atoms with Crippen molar-refractivity contribution >= 4 is 0 Å². The van der Waals surface area contributed by atoms with Gasteiger partial charge in [0.05, 0.1) is 7.11 Å². The molecule has 0 heterocycles. The predicted octanol–water partition coefficient (Wildman–Crippen LogP) is 2.91. The zero-order chi connectivity index (χ0) is 11.0. The molecule has 0 saturated carbocycles. The molecule has 0 radical (unpaired) electrons. The van der Waals surface area contributed by atoms with Crippen LogP contribution in [0, 0.1) is 0 Å². The van der Waals surface area contributed by atoms with Crippen molar-refractivity contribution in [3.8, 4) is 0 Å². The van der Waals surface area contributed by atoms with Crippen molar-refractivity contribution in [2.24, 2.45) is 5.73 Å². The summed E-state index contributed by atoms with van der Waals surface area (Å²) in [6.45, 7) is 3.91. The van der Waals surface area contributed by atoms with Crippen LogP contribution in [0.4, 0.5) is 4.39 Å². The van der Waals surface area contributed by atoms with Gasteiger partial charge < -0.3 is 10.5 Å². The van der Waals surface area contributed by atoms with Crippen LogP contribution in [0.1, 0.15) is 33.1 Å². The number of halogens is 1. The molecule has 0 aromatic rings. The average molecular weight is 201 g/mol. The van der Waals surface area contributed by atoms with Crippen molar-refractivity contribution in [3.05, 3.63) is 23.6 Å². The number of allylic oxidation sites excluding steroid dienone is 3. The van der Waals surface area contributed by atoms with E-state index >= 15 is 0 Å². The molecule has 0 fully saturated rings. The molecule has 82 valence electrons. The maximum atomic E-state index is 13.4. The quantitative estimate of drug-likeness (QED) is 0.529. The molecule has 0 aliphatic rings. The summed E-state index contributed by atoms with van der Waals surface area (Å²) in [5, 5.41) is 0. The lowest BCUT2D eigenvalue weighted by atomic mass is 10.0. The Morgan fingerprint density at radius 2 is 2.07 bits per heavy atom. The van der Waals surface area contributed by atoms with Crippen LogP contribution in [0.5, 0.6) is 0 Å². The van der Waals surface area contributed by atoms with Gasteiger partial charge in [0.25, 0.3) is 0 Å². The van der Waals surface area contributed by atoms with E-state index in [9.17, 15) is 4.39 Å². The smallest absolute Gasteiger partial charge is 0.183 e. The molecule has 2 nitrogen and oxygen atoms in total. The normalized spacial score (nSPS) is 15.4. The van der Waals surface area contributed by atoms with Crippen molar-refractivity contribution in [2.45, 2.75) is 39.3 Å². The number of ether oxygens (including phenoxy) is 1. The molecule has 0 aliphatic heterocycles. The van der Waals surface area contributed by atoms with E-state index < -0.39 is 6.17 Å². The zero-order valence-electron chi connectivity index (χ0n) is 9.22. The summed E-state index contributed by atoms with van der Waals surface area (Å²) in [5.41, 5.74) is 6.19. The van der Waals surface area contributed by atoms with Crippen LogP contribution >= 0.6 is 0 Å². The first kappa shape index (κ1) is 13.0. The maximum absolute atomic E-state index is 13.4. The molecule has 0 bridgehead atoms. The van der Waals surface area contributed by atoms with E-state index in [2.05, 4.69) is 0 Å². The second kappa shape index (κ2) is 7.42. The highest BCUT2D eigenvalue weighted by molar-refractivity contribution is 5.17. The van der Waals surface area contributed by atoms with Gasteiger partial charge in [0.1, 0.15) is 6.17 Å². The number of hydrogen-bond donors (Lipinski definition) is 1. The summed E-state index contributed by atoms with van der Waals surface area (Å²) >= 11 is 0. The lowest BCUT2D eigenvalue weighted by Gasteiger charge is -2.09. The largest absolute Gasteiger partial charge is 0.483 e. The van der Waals surface area contributed by atoms with Gasteiger partial charge in [0.15, 0.2) is 5.88 Å². The Kier molecular flexibility index (Phi) is 6.89. The predicted molar refractivity (Wildman–Crippen MR) is 57.5 cm³/mol. The highest BCUT2D eigenvalue weighted by atomic mass is 19.1. The zero-order valence-corrected chi connectivity index (χ0v) is 9.22. The van der Waals surface area contributed by atoms with Gasteiger partial charge in [0.2, 0.25) is 0 Å². The summed E-state index contributed by atoms with van der Waals surface area (Å²) in [5.74, 6) is 0.305. The molecule has 0 aromatic heterocycles. The highest BCUT2D eigenvalue weighted by Crippen LogP contribution is 2.16. The van der Waals surface area contributed by atoms with E-state index in [1.165, 1.54) is 7.11 Å². The maximum Gasteiger partial charge on any atom is 0.183 e. The molecule has 3 heteroatoms. The second-order valence-corrected chi connectivity index (χ2v) is 3.12. The van der Waals surface area contributed by atoms with Crippen LogP contribution in [0.25, 0.3) is 0 Å². The summed E-state index contributed by atoms with van der Waals surface area (Å²) in [6.07, 6.45) is 4.57. The third-order valence-electron chi connectivity index (χ3n) is 2.05. The monoisotopic (exact) mass is 201 g/mol. The summed E-state index contributed by atoms with van der Waals surface area (Å²) in [6, 6.07) is 0. The van der Waals surface area contributed by atoms with Gasteiger partial charge in [-0.1, -0.05) is 26.3 Å². The minimum absolute atomic E-state index is 0.305. The first-order valence-electron chi connectivity index (χ1n) is 4.99. The highest BCUT2D eigenvalue weighted by Gasteiger charge is 2.08. The van der Waals surface area contributed by atoms with Gasteiger partial charge >= 0.3 is 0 Å². The van der Waals surface area contributed by atoms with Crippen LogP contribution < -0.4 is 5.73 Å². The molecule has 14 heavy (non-hydrogen) atoms. The third kappa shape index (κ3) is 4.90. The third-order valence-corrected chi connectivity index (χ3v) is 2.05. The minimum atomic E-state index is -0.856.